The second kappa shape index (κ2) is 7.03. The molecule has 1 amide bonds. The van der Waals surface area contributed by atoms with Gasteiger partial charge in [-0.25, -0.2) is 4.52 Å². The molecular formula is C19H21N5O. The molecule has 1 aliphatic rings. The molecule has 1 aliphatic heterocycles. The van der Waals surface area contributed by atoms with Crippen molar-refractivity contribution in [1.82, 2.24) is 24.4 Å². The zero-order chi connectivity index (χ0) is 17.1. The van der Waals surface area contributed by atoms with Crippen molar-refractivity contribution in [3.05, 3.63) is 66.2 Å². The Kier molecular flexibility index (Phi) is 4.43. The van der Waals surface area contributed by atoms with Crippen LogP contribution in [0.4, 0.5) is 0 Å². The smallest absolute Gasteiger partial charge is 0.257 e. The van der Waals surface area contributed by atoms with E-state index in [-0.39, 0.29) is 5.91 Å². The lowest BCUT2D eigenvalue weighted by atomic mass is 10.2. The Bertz CT molecular complexity index is 860. The van der Waals surface area contributed by atoms with Crippen LogP contribution in [0.2, 0.25) is 0 Å². The highest BCUT2D eigenvalue weighted by atomic mass is 16.2. The lowest BCUT2D eigenvalue weighted by Crippen LogP contribution is -2.35. The molecule has 0 unspecified atom stereocenters. The van der Waals surface area contributed by atoms with Crippen LogP contribution >= 0.6 is 0 Å². The molecule has 0 radical (unpaired) electrons. The van der Waals surface area contributed by atoms with Crippen molar-refractivity contribution in [2.75, 3.05) is 26.2 Å². The van der Waals surface area contributed by atoms with Gasteiger partial charge in [-0.3, -0.25) is 14.7 Å². The van der Waals surface area contributed by atoms with Crippen molar-refractivity contribution in [3.8, 4) is 0 Å². The minimum atomic E-state index is 0.0735. The van der Waals surface area contributed by atoms with Crippen LogP contribution in [-0.4, -0.2) is 56.5 Å². The summed E-state index contributed by atoms with van der Waals surface area (Å²) in [5.41, 5.74) is 2.76. The minimum Gasteiger partial charge on any atom is -0.337 e. The monoisotopic (exact) mass is 335 g/mol. The maximum Gasteiger partial charge on any atom is 0.257 e. The molecule has 3 aromatic rings. The van der Waals surface area contributed by atoms with E-state index in [1.807, 2.05) is 41.6 Å². The summed E-state index contributed by atoms with van der Waals surface area (Å²) in [6.45, 7) is 4.27. The molecule has 0 saturated carbocycles. The van der Waals surface area contributed by atoms with Gasteiger partial charge in [-0.05, 0) is 30.2 Å². The summed E-state index contributed by atoms with van der Waals surface area (Å²) in [6, 6.07) is 9.85. The number of nitrogens with zero attached hydrogens (tertiary/aromatic N) is 5. The Hall–Kier alpha value is -2.73. The van der Waals surface area contributed by atoms with E-state index >= 15 is 0 Å². The number of carbonyl (C=O) groups excluding carboxylic acids is 1. The van der Waals surface area contributed by atoms with E-state index in [1.165, 1.54) is 5.56 Å². The van der Waals surface area contributed by atoms with Crippen LogP contribution in [0, 0.1) is 0 Å². The van der Waals surface area contributed by atoms with Crippen molar-refractivity contribution in [2.45, 2.75) is 13.0 Å². The molecule has 4 rings (SSSR count). The molecule has 128 valence electrons. The van der Waals surface area contributed by atoms with Crippen molar-refractivity contribution < 1.29 is 4.79 Å². The fourth-order valence-corrected chi connectivity index (χ4v) is 3.35. The van der Waals surface area contributed by atoms with Crippen LogP contribution in [0.25, 0.3) is 5.52 Å². The fourth-order valence-electron chi connectivity index (χ4n) is 3.35. The lowest BCUT2D eigenvalue weighted by Gasteiger charge is -2.21. The zero-order valence-electron chi connectivity index (χ0n) is 14.1. The fraction of sp³-hybridized carbons (Fsp3) is 0.316. The second-order valence-electron chi connectivity index (χ2n) is 6.37. The molecular weight excluding hydrogens is 314 g/mol. The molecule has 1 saturated heterocycles. The van der Waals surface area contributed by atoms with Gasteiger partial charge in [-0.15, -0.1) is 0 Å². The topological polar surface area (TPSA) is 53.7 Å². The maximum absolute atomic E-state index is 12.9. The van der Waals surface area contributed by atoms with Crippen molar-refractivity contribution in [2.24, 2.45) is 0 Å². The number of carbonyl (C=O) groups is 1. The molecule has 0 atom stereocenters. The summed E-state index contributed by atoms with van der Waals surface area (Å²) in [7, 11) is 0. The summed E-state index contributed by atoms with van der Waals surface area (Å²) < 4.78 is 1.75. The van der Waals surface area contributed by atoms with Gasteiger partial charge in [-0.1, -0.05) is 12.1 Å². The largest absolute Gasteiger partial charge is 0.337 e. The normalized spacial score (nSPS) is 16.1. The highest BCUT2D eigenvalue weighted by Crippen LogP contribution is 2.15. The number of aromatic nitrogens is 3. The van der Waals surface area contributed by atoms with Gasteiger partial charge in [0.05, 0.1) is 17.3 Å². The van der Waals surface area contributed by atoms with Gasteiger partial charge >= 0.3 is 0 Å². The molecule has 1 fully saturated rings. The van der Waals surface area contributed by atoms with Crippen LogP contribution in [0.15, 0.2) is 55.1 Å². The van der Waals surface area contributed by atoms with E-state index in [0.29, 0.717) is 5.56 Å². The number of hydrogen-bond donors (Lipinski definition) is 0. The third kappa shape index (κ3) is 3.39. The van der Waals surface area contributed by atoms with Crippen LogP contribution in [-0.2, 0) is 6.54 Å². The third-order valence-electron chi connectivity index (χ3n) is 4.66. The van der Waals surface area contributed by atoms with Crippen LogP contribution in [0.1, 0.15) is 22.3 Å². The van der Waals surface area contributed by atoms with Gasteiger partial charge in [0.1, 0.15) is 0 Å². The Morgan fingerprint density at radius 3 is 2.88 bits per heavy atom. The quantitative estimate of drug-likeness (QED) is 0.735. The molecule has 6 heteroatoms. The second-order valence-corrected chi connectivity index (χ2v) is 6.37. The minimum absolute atomic E-state index is 0.0735. The van der Waals surface area contributed by atoms with E-state index in [0.717, 1.165) is 44.7 Å². The average Bonchev–Trinajstić information content (AvgIpc) is 2.95. The summed E-state index contributed by atoms with van der Waals surface area (Å²) in [5, 5.41) is 4.28. The van der Waals surface area contributed by atoms with E-state index < -0.39 is 0 Å². The van der Waals surface area contributed by atoms with E-state index in [1.54, 1.807) is 16.9 Å². The maximum atomic E-state index is 12.9. The van der Waals surface area contributed by atoms with Crippen molar-refractivity contribution in [3.63, 3.8) is 0 Å². The SMILES string of the molecule is O=C(c1cnn2ccccc12)N1CCCN(Cc2cccnc2)CC1. The third-order valence-corrected chi connectivity index (χ3v) is 4.66. The van der Waals surface area contributed by atoms with Gasteiger partial charge in [-0.2, -0.15) is 5.10 Å². The van der Waals surface area contributed by atoms with Crippen molar-refractivity contribution >= 4 is 11.4 Å². The van der Waals surface area contributed by atoms with Gasteiger partial charge in [0.2, 0.25) is 0 Å². The zero-order valence-corrected chi connectivity index (χ0v) is 14.1. The first kappa shape index (κ1) is 15.8. The molecule has 4 heterocycles. The summed E-state index contributed by atoms with van der Waals surface area (Å²) in [5.74, 6) is 0.0735. The molecule has 0 bridgehead atoms. The first-order valence-corrected chi connectivity index (χ1v) is 8.64. The number of amides is 1. The van der Waals surface area contributed by atoms with Gasteiger partial charge in [0.15, 0.2) is 0 Å². The van der Waals surface area contributed by atoms with Gasteiger partial charge in [0.25, 0.3) is 5.91 Å². The lowest BCUT2D eigenvalue weighted by molar-refractivity contribution is 0.0763. The Morgan fingerprint density at radius 1 is 1.04 bits per heavy atom. The number of fused-ring (bicyclic) bond motifs is 1. The Balaban J connectivity index is 1.44. The predicted octanol–water partition coefficient (Wildman–Crippen LogP) is 2.08. The summed E-state index contributed by atoms with van der Waals surface area (Å²) in [4.78, 5) is 21.5. The summed E-state index contributed by atoms with van der Waals surface area (Å²) >= 11 is 0. The van der Waals surface area contributed by atoms with Crippen LogP contribution in [0.3, 0.4) is 0 Å². The van der Waals surface area contributed by atoms with Crippen molar-refractivity contribution in [1.29, 1.82) is 0 Å². The summed E-state index contributed by atoms with van der Waals surface area (Å²) in [6.07, 6.45) is 8.22. The predicted molar refractivity (Wildman–Crippen MR) is 95.2 cm³/mol. The molecule has 0 aromatic carbocycles. The van der Waals surface area contributed by atoms with Crippen LogP contribution < -0.4 is 0 Å². The first-order valence-electron chi connectivity index (χ1n) is 8.64. The standard InChI is InChI=1S/C19H21N5O/c25-19(17-14-21-24-10-2-1-6-18(17)24)23-9-4-8-22(11-12-23)15-16-5-3-7-20-13-16/h1-3,5-7,10,13-14H,4,8-9,11-12,15H2. The highest BCUT2D eigenvalue weighted by molar-refractivity contribution is 6.00. The average molecular weight is 335 g/mol. The Labute approximate surface area is 146 Å². The molecule has 0 spiro atoms. The van der Waals surface area contributed by atoms with E-state index in [4.69, 9.17) is 0 Å². The molecule has 0 N–H and O–H groups in total. The van der Waals surface area contributed by atoms with E-state index in [2.05, 4.69) is 21.0 Å². The molecule has 25 heavy (non-hydrogen) atoms. The Morgan fingerprint density at radius 2 is 2.00 bits per heavy atom. The number of pyridine rings is 2. The number of rotatable bonds is 3. The molecule has 0 aliphatic carbocycles. The molecule has 6 nitrogen and oxygen atoms in total. The van der Waals surface area contributed by atoms with Gasteiger partial charge < -0.3 is 4.90 Å². The highest BCUT2D eigenvalue weighted by Gasteiger charge is 2.22. The van der Waals surface area contributed by atoms with Crippen LogP contribution in [0.5, 0.6) is 0 Å². The van der Waals surface area contributed by atoms with Gasteiger partial charge in [0, 0.05) is 51.3 Å². The molecule has 3 aromatic heterocycles. The van der Waals surface area contributed by atoms with E-state index in [9.17, 15) is 4.79 Å². The first-order chi connectivity index (χ1) is 12.3. The number of hydrogen-bond acceptors (Lipinski definition) is 4.